The first-order valence-corrected chi connectivity index (χ1v) is 24.6. The standard InChI is InChI=1S/C54H78N4O4/c1-10-11-12-13-14-15-16-17-18-19-20-21-22-23-24-25-28-62-48(61)27-26-40-35(5)51-38(8)52-37(7)49(39(9)59)46(57-52)32-43-34(4)41(29-33(2)3)45(55-43)31-44-36(6)50-47(60)30-42(53(40)58-51)54(50)56-44/h31-33,35,39-40,58-60H,10-30H2,1-9H3/t35-,39?,40-/m0/s1. The number of ether oxygens (including phenoxy) is 1. The van der Waals surface area contributed by atoms with Gasteiger partial charge in [0.25, 0.3) is 0 Å². The van der Waals surface area contributed by atoms with Gasteiger partial charge in [-0.05, 0) is 99.8 Å². The Morgan fingerprint density at radius 2 is 1.37 bits per heavy atom. The molecule has 0 aromatic rings. The van der Waals surface area contributed by atoms with E-state index in [1.165, 1.54) is 95.5 Å². The summed E-state index contributed by atoms with van der Waals surface area (Å²) in [4.78, 5) is 28.9. The molecule has 338 valence electrons. The Balaban J connectivity index is 1.12. The van der Waals surface area contributed by atoms with Crippen molar-refractivity contribution in [3.63, 3.8) is 0 Å². The molecule has 6 rings (SSSR count). The summed E-state index contributed by atoms with van der Waals surface area (Å²) < 4.78 is 5.81. The van der Waals surface area contributed by atoms with Gasteiger partial charge >= 0.3 is 5.97 Å². The smallest absolute Gasteiger partial charge is 0.305 e. The van der Waals surface area contributed by atoms with Crippen molar-refractivity contribution in [1.29, 1.82) is 0 Å². The van der Waals surface area contributed by atoms with Crippen molar-refractivity contribution in [1.82, 2.24) is 5.32 Å². The van der Waals surface area contributed by atoms with Gasteiger partial charge in [0.1, 0.15) is 5.76 Å². The molecule has 5 heterocycles. The summed E-state index contributed by atoms with van der Waals surface area (Å²) in [5.74, 6) is 0.613. The van der Waals surface area contributed by atoms with Crippen LogP contribution in [0.25, 0.3) is 0 Å². The van der Waals surface area contributed by atoms with E-state index in [1.54, 1.807) is 6.92 Å². The molecular weight excluding hydrogens is 769 g/mol. The number of fused-ring (bicyclic) bond motifs is 5. The van der Waals surface area contributed by atoms with Gasteiger partial charge in [-0.15, -0.1) is 0 Å². The number of nitrogens with one attached hydrogen (secondary N) is 1. The molecule has 3 atom stereocenters. The minimum atomic E-state index is -0.715. The van der Waals surface area contributed by atoms with Gasteiger partial charge in [0, 0.05) is 52.8 Å². The second-order valence-electron chi connectivity index (χ2n) is 19.4. The minimum Gasteiger partial charge on any atom is -0.511 e. The van der Waals surface area contributed by atoms with Crippen LogP contribution < -0.4 is 5.32 Å². The number of hydrogen-bond acceptors (Lipinski definition) is 8. The maximum absolute atomic E-state index is 13.3. The maximum atomic E-state index is 13.3. The van der Waals surface area contributed by atoms with Gasteiger partial charge in [-0.3, -0.25) is 4.79 Å². The summed E-state index contributed by atoms with van der Waals surface area (Å²) in [5.41, 5.74) is 14.8. The van der Waals surface area contributed by atoms with Crippen molar-refractivity contribution in [2.45, 2.75) is 197 Å². The van der Waals surface area contributed by atoms with Crippen molar-refractivity contribution in [3.05, 3.63) is 91.0 Å². The molecule has 8 heteroatoms. The van der Waals surface area contributed by atoms with Crippen LogP contribution in [0.2, 0.25) is 0 Å². The average Bonchev–Trinajstić information content (AvgIpc) is 4.00. The van der Waals surface area contributed by atoms with E-state index in [2.05, 4.69) is 59.9 Å². The fraction of sp³-hybridized carbons (Fsp3) is 0.630. The van der Waals surface area contributed by atoms with Gasteiger partial charge in [0.15, 0.2) is 0 Å². The maximum Gasteiger partial charge on any atom is 0.305 e. The molecular formula is C54H78N4O4. The number of esters is 1. The lowest BCUT2D eigenvalue weighted by atomic mass is 9.85. The second kappa shape index (κ2) is 22.0. The van der Waals surface area contributed by atoms with Crippen LogP contribution in [0.3, 0.4) is 0 Å². The lowest BCUT2D eigenvalue weighted by Crippen LogP contribution is -2.16. The van der Waals surface area contributed by atoms with Crippen molar-refractivity contribution in [2.75, 3.05) is 6.61 Å². The zero-order chi connectivity index (χ0) is 44.5. The number of carbonyl (C=O) groups excluding carboxylic acids is 1. The molecule has 0 spiro atoms. The Kier molecular flexibility index (Phi) is 16.9. The van der Waals surface area contributed by atoms with E-state index in [0.29, 0.717) is 37.5 Å². The molecule has 1 aliphatic carbocycles. The monoisotopic (exact) mass is 847 g/mol. The quantitative estimate of drug-likeness (QED) is 0.0700. The highest BCUT2D eigenvalue weighted by molar-refractivity contribution is 6.21. The summed E-state index contributed by atoms with van der Waals surface area (Å²) in [7, 11) is 0. The van der Waals surface area contributed by atoms with E-state index in [9.17, 15) is 15.0 Å². The van der Waals surface area contributed by atoms with Crippen LogP contribution >= 0.6 is 0 Å². The second-order valence-corrected chi connectivity index (χ2v) is 19.4. The van der Waals surface area contributed by atoms with E-state index in [0.717, 1.165) is 104 Å². The number of aliphatic hydroxyl groups is 2. The summed E-state index contributed by atoms with van der Waals surface area (Å²) in [6.45, 7) is 19.6. The summed E-state index contributed by atoms with van der Waals surface area (Å²) in [5, 5.41) is 26.5. The Morgan fingerprint density at radius 3 is 1.97 bits per heavy atom. The number of hydrogen-bond donors (Lipinski definition) is 3. The zero-order valence-corrected chi connectivity index (χ0v) is 39.9. The molecule has 0 aromatic carbocycles. The Bertz CT molecular complexity index is 2070. The molecule has 8 nitrogen and oxygen atoms in total. The fourth-order valence-corrected chi connectivity index (χ4v) is 10.5. The molecule has 0 radical (unpaired) electrons. The van der Waals surface area contributed by atoms with E-state index in [-0.39, 0.29) is 17.8 Å². The number of aliphatic hydroxyl groups excluding tert-OH is 2. The highest BCUT2D eigenvalue weighted by Crippen LogP contribution is 2.47. The lowest BCUT2D eigenvalue weighted by Gasteiger charge is -2.18. The topological polar surface area (TPSA) is 116 Å². The van der Waals surface area contributed by atoms with Gasteiger partial charge in [0.2, 0.25) is 0 Å². The van der Waals surface area contributed by atoms with Crippen molar-refractivity contribution in [3.8, 4) is 0 Å². The van der Waals surface area contributed by atoms with Crippen molar-refractivity contribution >= 4 is 23.1 Å². The Hall–Kier alpha value is -4.04. The molecule has 1 saturated heterocycles. The Labute approximate surface area is 374 Å². The highest BCUT2D eigenvalue weighted by atomic mass is 16.5. The van der Waals surface area contributed by atoms with E-state index in [1.807, 2.05) is 13.0 Å². The molecule has 0 saturated carbocycles. The number of aliphatic imine (C=N–C) groups is 3. The van der Waals surface area contributed by atoms with Crippen molar-refractivity contribution < 1.29 is 19.7 Å². The molecule has 3 N–H and O–H groups in total. The first-order valence-electron chi connectivity index (χ1n) is 24.6. The molecule has 1 unspecified atom stereocenters. The fourth-order valence-electron chi connectivity index (χ4n) is 10.5. The third-order valence-electron chi connectivity index (χ3n) is 14.1. The molecule has 0 aromatic heterocycles. The first kappa shape index (κ1) is 47.4. The van der Waals surface area contributed by atoms with Crippen LogP contribution in [0.4, 0.5) is 0 Å². The average molecular weight is 847 g/mol. The number of unbranched alkanes of at least 4 members (excludes halogenated alkanes) is 15. The van der Waals surface area contributed by atoms with Crippen LogP contribution in [0.15, 0.2) is 106 Å². The molecule has 1 fully saturated rings. The number of allylic oxidation sites excluding steroid dienone is 11. The van der Waals surface area contributed by atoms with Gasteiger partial charge in [-0.2, -0.15) is 0 Å². The number of nitrogens with zero attached hydrogens (tertiary/aromatic N) is 3. The van der Waals surface area contributed by atoms with Gasteiger partial charge in [-0.25, -0.2) is 15.0 Å². The Morgan fingerprint density at radius 1 is 0.758 bits per heavy atom. The molecule has 5 aliphatic heterocycles. The predicted octanol–water partition coefficient (Wildman–Crippen LogP) is 13.6. The molecule has 8 bridgehead atoms. The predicted molar refractivity (Wildman–Crippen MR) is 257 cm³/mol. The zero-order valence-electron chi connectivity index (χ0n) is 39.9. The third-order valence-corrected chi connectivity index (χ3v) is 14.1. The van der Waals surface area contributed by atoms with Gasteiger partial charge < -0.3 is 20.3 Å². The van der Waals surface area contributed by atoms with Crippen LogP contribution in [0.5, 0.6) is 0 Å². The third kappa shape index (κ3) is 11.0. The van der Waals surface area contributed by atoms with E-state index < -0.39 is 6.10 Å². The van der Waals surface area contributed by atoms with Crippen LogP contribution in [0, 0.1) is 17.8 Å². The minimum absolute atomic E-state index is 0.0198. The van der Waals surface area contributed by atoms with Gasteiger partial charge in [-0.1, -0.05) is 124 Å². The normalized spacial score (nSPS) is 21.4. The SMILES string of the molecule is CCCCCCCCCCCCCCCCCCOC(=O)CC[C@@H]1C2=C3CC(O)=C4C3=NC(=C4C)C=C3N=C(C=C4N=C(C(C)=C4C(C)O)C(C)=C(N2)[C@H]1C)C(C)=C3CC(C)C. The highest BCUT2D eigenvalue weighted by Gasteiger charge is 2.42. The van der Waals surface area contributed by atoms with E-state index in [4.69, 9.17) is 19.7 Å². The number of rotatable bonds is 23. The van der Waals surface area contributed by atoms with Crippen molar-refractivity contribution in [2.24, 2.45) is 32.7 Å². The number of carbonyl (C=O) groups is 1. The lowest BCUT2D eigenvalue weighted by molar-refractivity contribution is -0.144. The van der Waals surface area contributed by atoms with Crippen LogP contribution in [-0.4, -0.2) is 46.0 Å². The van der Waals surface area contributed by atoms with Crippen LogP contribution in [0.1, 0.15) is 191 Å². The van der Waals surface area contributed by atoms with E-state index >= 15 is 0 Å². The molecule has 0 amide bonds. The van der Waals surface area contributed by atoms with Gasteiger partial charge in [0.05, 0.1) is 46.9 Å². The molecule has 6 aliphatic rings. The summed E-state index contributed by atoms with van der Waals surface area (Å²) in [6, 6.07) is 0. The summed E-state index contributed by atoms with van der Waals surface area (Å²) >= 11 is 0. The first-order chi connectivity index (χ1) is 29.8. The van der Waals surface area contributed by atoms with Crippen LogP contribution in [-0.2, 0) is 9.53 Å². The largest absolute Gasteiger partial charge is 0.511 e. The summed E-state index contributed by atoms with van der Waals surface area (Å²) in [6.07, 6.45) is 26.6. The molecule has 62 heavy (non-hydrogen) atoms.